The summed E-state index contributed by atoms with van der Waals surface area (Å²) in [6, 6.07) is 5.14. The van der Waals surface area contributed by atoms with Gasteiger partial charge in [-0.3, -0.25) is 10.1 Å². The van der Waals surface area contributed by atoms with Gasteiger partial charge < -0.3 is 4.90 Å². The van der Waals surface area contributed by atoms with Crippen LogP contribution in [0, 0.1) is 15.5 Å². The molecule has 5 heteroatoms. The van der Waals surface area contributed by atoms with Crippen LogP contribution in [-0.2, 0) is 0 Å². The number of rotatable bonds is 3. The number of hydrogen-bond donors (Lipinski definition) is 0. The minimum atomic E-state index is -0.384. The summed E-state index contributed by atoms with van der Waals surface area (Å²) >= 11 is 5.96. The van der Waals surface area contributed by atoms with E-state index in [1.165, 1.54) is 0 Å². The number of para-hydroxylation sites is 1. The van der Waals surface area contributed by atoms with Gasteiger partial charge >= 0.3 is 5.69 Å². The molecule has 2 rings (SSSR count). The molecule has 0 aliphatic carbocycles. The first kappa shape index (κ1) is 14.1. The molecule has 104 valence electrons. The Bertz CT molecular complexity index is 482. The summed E-state index contributed by atoms with van der Waals surface area (Å²) in [5.41, 5.74) is 1.05. The second-order valence-electron chi connectivity index (χ2n) is 5.52. The molecule has 1 fully saturated rings. The molecule has 0 unspecified atom stereocenters. The summed E-state index contributed by atoms with van der Waals surface area (Å²) in [6.45, 7) is 6.20. The number of nitro groups is 1. The Morgan fingerprint density at radius 2 is 2.05 bits per heavy atom. The average Bonchev–Trinajstić information content (AvgIpc) is 2.39. The van der Waals surface area contributed by atoms with Gasteiger partial charge in [0.25, 0.3) is 0 Å². The molecular formula is C14H19ClN2O2. The van der Waals surface area contributed by atoms with Crippen molar-refractivity contribution in [1.29, 1.82) is 0 Å². The highest BCUT2D eigenvalue weighted by Crippen LogP contribution is 2.40. The summed E-state index contributed by atoms with van der Waals surface area (Å²) in [6.07, 6.45) is 3.28. The van der Waals surface area contributed by atoms with Crippen molar-refractivity contribution in [2.75, 3.05) is 18.0 Å². The van der Waals surface area contributed by atoms with Gasteiger partial charge in [0.1, 0.15) is 10.7 Å². The number of anilines is 1. The van der Waals surface area contributed by atoms with E-state index in [-0.39, 0.29) is 15.6 Å². The molecule has 19 heavy (non-hydrogen) atoms. The highest BCUT2D eigenvalue weighted by Gasteiger charge is 2.31. The van der Waals surface area contributed by atoms with Crippen LogP contribution in [0.4, 0.5) is 11.4 Å². The van der Waals surface area contributed by atoms with Gasteiger partial charge in [0, 0.05) is 13.1 Å². The van der Waals surface area contributed by atoms with Gasteiger partial charge in [0.2, 0.25) is 0 Å². The van der Waals surface area contributed by atoms with Crippen molar-refractivity contribution in [2.24, 2.45) is 5.41 Å². The summed E-state index contributed by atoms with van der Waals surface area (Å²) < 4.78 is 0. The third kappa shape index (κ3) is 2.84. The lowest BCUT2D eigenvalue weighted by molar-refractivity contribution is -0.384. The first-order valence-corrected chi connectivity index (χ1v) is 7.02. The van der Waals surface area contributed by atoms with E-state index in [2.05, 4.69) is 18.7 Å². The van der Waals surface area contributed by atoms with Gasteiger partial charge in [-0.05, 0) is 30.4 Å². The van der Waals surface area contributed by atoms with Gasteiger partial charge in [-0.2, -0.15) is 0 Å². The first-order chi connectivity index (χ1) is 8.97. The number of piperidine rings is 1. The average molecular weight is 283 g/mol. The zero-order valence-corrected chi connectivity index (χ0v) is 12.1. The van der Waals surface area contributed by atoms with Crippen molar-refractivity contribution >= 4 is 23.0 Å². The molecule has 1 saturated heterocycles. The quantitative estimate of drug-likeness (QED) is 0.614. The Balaban J connectivity index is 2.25. The van der Waals surface area contributed by atoms with Crippen molar-refractivity contribution in [3.8, 4) is 0 Å². The third-order valence-electron chi connectivity index (χ3n) is 4.31. The minimum Gasteiger partial charge on any atom is -0.366 e. The lowest BCUT2D eigenvalue weighted by Gasteiger charge is -2.39. The van der Waals surface area contributed by atoms with Gasteiger partial charge in [-0.15, -0.1) is 0 Å². The number of halogens is 1. The number of benzene rings is 1. The van der Waals surface area contributed by atoms with Crippen LogP contribution in [0.25, 0.3) is 0 Å². The molecule has 0 N–H and O–H groups in total. The highest BCUT2D eigenvalue weighted by molar-refractivity contribution is 6.33. The van der Waals surface area contributed by atoms with E-state index in [1.54, 1.807) is 18.2 Å². The van der Waals surface area contributed by atoms with Crippen LogP contribution in [0.3, 0.4) is 0 Å². The van der Waals surface area contributed by atoms with Crippen molar-refractivity contribution in [1.82, 2.24) is 0 Å². The Kier molecular flexibility index (Phi) is 3.99. The molecule has 0 aromatic heterocycles. The fourth-order valence-corrected chi connectivity index (χ4v) is 2.82. The number of nitro benzene ring substituents is 1. The molecule has 0 atom stereocenters. The summed E-state index contributed by atoms with van der Waals surface area (Å²) in [4.78, 5) is 12.9. The van der Waals surface area contributed by atoms with E-state index >= 15 is 0 Å². The number of hydrogen-bond acceptors (Lipinski definition) is 3. The van der Waals surface area contributed by atoms with Gasteiger partial charge in [-0.1, -0.05) is 37.9 Å². The van der Waals surface area contributed by atoms with Gasteiger partial charge in [0.15, 0.2) is 0 Å². The fourth-order valence-electron chi connectivity index (χ4n) is 2.58. The smallest absolute Gasteiger partial charge is 0.310 e. The molecule has 1 aromatic rings. The largest absolute Gasteiger partial charge is 0.366 e. The van der Waals surface area contributed by atoms with E-state index in [4.69, 9.17) is 11.6 Å². The van der Waals surface area contributed by atoms with Crippen LogP contribution in [-0.4, -0.2) is 18.0 Å². The summed E-state index contributed by atoms with van der Waals surface area (Å²) in [5, 5.41) is 11.4. The maximum atomic E-state index is 11.2. The second kappa shape index (κ2) is 5.37. The molecule has 1 heterocycles. The Morgan fingerprint density at radius 1 is 1.42 bits per heavy atom. The SMILES string of the molecule is CCC1(C)CCN(c2cccc(Cl)c2[N+](=O)[O-])CC1. The minimum absolute atomic E-state index is 0.0317. The first-order valence-electron chi connectivity index (χ1n) is 6.65. The van der Waals surface area contributed by atoms with E-state index in [9.17, 15) is 10.1 Å². The van der Waals surface area contributed by atoms with Crippen molar-refractivity contribution < 1.29 is 4.92 Å². The normalized spacial score (nSPS) is 18.4. The molecule has 4 nitrogen and oxygen atoms in total. The van der Waals surface area contributed by atoms with E-state index < -0.39 is 0 Å². The van der Waals surface area contributed by atoms with E-state index in [0.717, 1.165) is 32.4 Å². The second-order valence-corrected chi connectivity index (χ2v) is 5.92. The van der Waals surface area contributed by atoms with Crippen molar-refractivity contribution in [2.45, 2.75) is 33.1 Å². The molecule has 0 bridgehead atoms. The maximum absolute atomic E-state index is 11.2. The third-order valence-corrected chi connectivity index (χ3v) is 4.62. The van der Waals surface area contributed by atoms with Crippen LogP contribution in [0.1, 0.15) is 33.1 Å². The lowest BCUT2D eigenvalue weighted by atomic mass is 9.78. The zero-order valence-electron chi connectivity index (χ0n) is 11.4. The van der Waals surface area contributed by atoms with Crippen LogP contribution in [0.15, 0.2) is 18.2 Å². The fraction of sp³-hybridized carbons (Fsp3) is 0.571. The van der Waals surface area contributed by atoms with Gasteiger partial charge in [-0.25, -0.2) is 0 Å². The predicted octanol–water partition coefficient (Wildman–Crippen LogP) is 4.26. The van der Waals surface area contributed by atoms with E-state index in [1.807, 2.05) is 0 Å². The lowest BCUT2D eigenvalue weighted by Crippen LogP contribution is -2.38. The van der Waals surface area contributed by atoms with Crippen LogP contribution in [0.5, 0.6) is 0 Å². The predicted molar refractivity (Wildman–Crippen MR) is 78.0 cm³/mol. The van der Waals surface area contributed by atoms with Crippen LogP contribution >= 0.6 is 11.6 Å². The molecule has 1 aliphatic rings. The molecule has 0 saturated carbocycles. The maximum Gasteiger partial charge on any atom is 0.310 e. The molecule has 1 aromatic carbocycles. The summed E-state index contributed by atoms with van der Waals surface area (Å²) in [7, 11) is 0. The Morgan fingerprint density at radius 3 is 2.58 bits per heavy atom. The van der Waals surface area contributed by atoms with Gasteiger partial charge in [0.05, 0.1) is 4.92 Å². The molecular weight excluding hydrogens is 264 g/mol. The number of nitrogens with zero attached hydrogens (tertiary/aromatic N) is 2. The topological polar surface area (TPSA) is 46.4 Å². The zero-order chi connectivity index (χ0) is 14.0. The van der Waals surface area contributed by atoms with Crippen LogP contribution in [0.2, 0.25) is 5.02 Å². The Hall–Kier alpha value is -1.29. The summed E-state index contributed by atoms with van der Waals surface area (Å²) in [5.74, 6) is 0. The Labute approximate surface area is 118 Å². The molecule has 0 radical (unpaired) electrons. The highest BCUT2D eigenvalue weighted by atomic mass is 35.5. The standard InChI is InChI=1S/C14H19ClN2O2/c1-3-14(2)7-9-16(10-8-14)12-6-4-5-11(15)13(12)17(18)19/h4-6H,3,7-10H2,1-2H3. The molecule has 1 aliphatic heterocycles. The monoisotopic (exact) mass is 282 g/mol. The van der Waals surface area contributed by atoms with E-state index in [0.29, 0.717) is 11.1 Å². The van der Waals surface area contributed by atoms with Crippen molar-refractivity contribution in [3.63, 3.8) is 0 Å². The van der Waals surface area contributed by atoms with Crippen LogP contribution < -0.4 is 4.90 Å². The van der Waals surface area contributed by atoms with Crippen molar-refractivity contribution in [3.05, 3.63) is 33.3 Å². The molecule has 0 spiro atoms. The molecule has 0 amide bonds.